The first kappa shape index (κ1) is 14.2. The highest BCUT2D eigenvalue weighted by Gasteiger charge is 2.11. The van der Waals surface area contributed by atoms with Crippen molar-refractivity contribution in [1.82, 2.24) is 0 Å². The van der Waals surface area contributed by atoms with Crippen LogP contribution in [0.3, 0.4) is 0 Å². The predicted octanol–water partition coefficient (Wildman–Crippen LogP) is 1.60. The molecule has 0 aromatic rings. The van der Waals surface area contributed by atoms with Crippen LogP contribution >= 0.6 is 0 Å². The molecular formula is C9H16O4. The highest BCUT2D eigenvalue weighted by Crippen LogP contribution is 2.05. The molecule has 0 aliphatic rings. The maximum Gasteiger partial charge on any atom is 0.327 e. The molecule has 13 heavy (non-hydrogen) atoms. The third-order valence-electron chi connectivity index (χ3n) is 0.625. The zero-order valence-corrected chi connectivity index (χ0v) is 8.46. The molecule has 0 aliphatic heterocycles. The van der Waals surface area contributed by atoms with Gasteiger partial charge in [0.2, 0.25) is 0 Å². The number of esters is 1. The number of carbonyl (C=O) groups is 2. The van der Waals surface area contributed by atoms with Gasteiger partial charge in [0.1, 0.15) is 5.60 Å². The Morgan fingerprint density at radius 2 is 1.69 bits per heavy atom. The summed E-state index contributed by atoms with van der Waals surface area (Å²) in [4.78, 5) is 19.5. The van der Waals surface area contributed by atoms with Crippen molar-refractivity contribution in [3.63, 3.8) is 0 Å². The third kappa shape index (κ3) is 24.9. The number of hydrogen-bond donors (Lipinski definition) is 1. The van der Waals surface area contributed by atoms with Crippen LogP contribution in [0.15, 0.2) is 12.7 Å². The van der Waals surface area contributed by atoms with E-state index >= 15 is 0 Å². The molecule has 0 unspecified atom stereocenters. The summed E-state index contributed by atoms with van der Waals surface area (Å²) < 4.78 is 4.80. The van der Waals surface area contributed by atoms with Crippen molar-refractivity contribution in [2.45, 2.75) is 33.3 Å². The summed E-state index contributed by atoms with van der Waals surface area (Å²) in [5, 5.41) is 7.60. The smallest absolute Gasteiger partial charge is 0.327 e. The molecule has 76 valence electrons. The van der Waals surface area contributed by atoms with Crippen LogP contribution in [0, 0.1) is 0 Å². The van der Waals surface area contributed by atoms with Crippen molar-refractivity contribution in [2.75, 3.05) is 0 Å². The van der Waals surface area contributed by atoms with Crippen molar-refractivity contribution in [3.05, 3.63) is 12.7 Å². The second-order valence-electron chi connectivity index (χ2n) is 3.25. The number of carbonyl (C=O) groups excluding carboxylic acids is 1. The molecule has 0 spiro atoms. The van der Waals surface area contributed by atoms with Gasteiger partial charge in [-0.25, -0.2) is 4.79 Å². The Morgan fingerprint density at radius 3 is 1.69 bits per heavy atom. The van der Waals surface area contributed by atoms with E-state index in [1.165, 1.54) is 6.92 Å². The zero-order valence-electron chi connectivity index (χ0n) is 8.46. The number of carboxylic acids is 1. The van der Waals surface area contributed by atoms with Crippen LogP contribution in [0.25, 0.3) is 0 Å². The molecule has 0 saturated carbocycles. The van der Waals surface area contributed by atoms with Gasteiger partial charge >= 0.3 is 11.9 Å². The third-order valence-corrected chi connectivity index (χ3v) is 0.625. The highest BCUT2D eigenvalue weighted by molar-refractivity contribution is 5.78. The maximum absolute atomic E-state index is 10.2. The van der Waals surface area contributed by atoms with E-state index in [9.17, 15) is 9.59 Å². The second-order valence-corrected chi connectivity index (χ2v) is 3.25. The quantitative estimate of drug-likeness (QED) is 0.501. The van der Waals surface area contributed by atoms with Crippen LogP contribution < -0.4 is 0 Å². The number of aliphatic carboxylic acids is 1. The van der Waals surface area contributed by atoms with E-state index in [-0.39, 0.29) is 11.6 Å². The molecular weight excluding hydrogens is 172 g/mol. The average Bonchev–Trinajstić information content (AvgIpc) is 1.83. The minimum Gasteiger partial charge on any atom is -0.478 e. The number of rotatable bonds is 1. The Hall–Kier alpha value is -1.32. The van der Waals surface area contributed by atoms with E-state index in [2.05, 4.69) is 6.58 Å². The van der Waals surface area contributed by atoms with Gasteiger partial charge < -0.3 is 9.84 Å². The van der Waals surface area contributed by atoms with Crippen LogP contribution in [-0.2, 0) is 14.3 Å². The highest BCUT2D eigenvalue weighted by atomic mass is 16.6. The van der Waals surface area contributed by atoms with E-state index in [1.807, 2.05) is 20.8 Å². The number of hydrogen-bond acceptors (Lipinski definition) is 3. The van der Waals surface area contributed by atoms with Gasteiger partial charge in [-0.15, -0.1) is 0 Å². The molecule has 0 fully saturated rings. The van der Waals surface area contributed by atoms with Gasteiger partial charge in [0, 0.05) is 13.0 Å². The fourth-order valence-electron chi connectivity index (χ4n) is 0.431. The van der Waals surface area contributed by atoms with Crippen LogP contribution in [0.2, 0.25) is 0 Å². The summed E-state index contributed by atoms with van der Waals surface area (Å²) in [7, 11) is 0. The molecule has 0 saturated heterocycles. The van der Waals surface area contributed by atoms with Gasteiger partial charge in [-0.2, -0.15) is 0 Å². The van der Waals surface area contributed by atoms with Gasteiger partial charge in [0.25, 0.3) is 0 Å². The Balaban J connectivity index is 0. The Kier molecular flexibility index (Phi) is 6.81. The summed E-state index contributed by atoms with van der Waals surface area (Å²) in [5.74, 6) is -1.21. The molecule has 4 nitrogen and oxygen atoms in total. The van der Waals surface area contributed by atoms with Gasteiger partial charge in [0.05, 0.1) is 0 Å². The first-order valence-corrected chi connectivity index (χ1v) is 3.74. The van der Waals surface area contributed by atoms with Gasteiger partial charge in [-0.3, -0.25) is 4.79 Å². The van der Waals surface area contributed by atoms with Crippen molar-refractivity contribution in [1.29, 1.82) is 0 Å². The van der Waals surface area contributed by atoms with Crippen molar-refractivity contribution < 1.29 is 19.4 Å². The Morgan fingerprint density at radius 1 is 1.38 bits per heavy atom. The molecule has 0 heterocycles. The summed E-state index contributed by atoms with van der Waals surface area (Å²) >= 11 is 0. The van der Waals surface area contributed by atoms with E-state index < -0.39 is 5.97 Å². The standard InChI is InChI=1S/C6H12O2.C3H4O2/c1-5(7)8-6(2,3)4;1-2-3(4)5/h1-4H3;2H,1H2,(H,4,5). The van der Waals surface area contributed by atoms with Crippen LogP contribution in [-0.4, -0.2) is 22.6 Å². The van der Waals surface area contributed by atoms with E-state index in [4.69, 9.17) is 9.84 Å². The molecule has 0 atom stereocenters. The molecule has 0 bridgehead atoms. The molecule has 1 N–H and O–H groups in total. The second kappa shape index (κ2) is 6.22. The maximum atomic E-state index is 10.2. The van der Waals surface area contributed by atoms with Crippen molar-refractivity contribution >= 4 is 11.9 Å². The van der Waals surface area contributed by atoms with E-state index in [1.54, 1.807) is 0 Å². The molecule has 0 aromatic carbocycles. The fourth-order valence-corrected chi connectivity index (χ4v) is 0.431. The normalized spacial score (nSPS) is 9.23. The van der Waals surface area contributed by atoms with Crippen LogP contribution in [0.5, 0.6) is 0 Å². The lowest BCUT2D eigenvalue weighted by atomic mass is 10.2. The Labute approximate surface area is 78.2 Å². The molecule has 0 rings (SSSR count). The monoisotopic (exact) mass is 188 g/mol. The minimum atomic E-state index is -0.981. The lowest BCUT2D eigenvalue weighted by Gasteiger charge is -2.17. The molecule has 0 aromatic heterocycles. The van der Waals surface area contributed by atoms with Crippen LogP contribution in [0.1, 0.15) is 27.7 Å². The summed E-state index contributed by atoms with van der Waals surface area (Å²) in [6.07, 6.45) is 0.833. The lowest BCUT2D eigenvalue weighted by Crippen LogP contribution is -2.21. The average molecular weight is 188 g/mol. The van der Waals surface area contributed by atoms with E-state index in [0.29, 0.717) is 0 Å². The molecule has 4 heteroatoms. The van der Waals surface area contributed by atoms with Crippen molar-refractivity contribution in [3.8, 4) is 0 Å². The van der Waals surface area contributed by atoms with Gasteiger partial charge in [-0.05, 0) is 20.8 Å². The first-order valence-electron chi connectivity index (χ1n) is 3.74. The number of ether oxygens (including phenoxy) is 1. The van der Waals surface area contributed by atoms with Gasteiger partial charge in [0.15, 0.2) is 0 Å². The molecule has 0 radical (unpaired) electrons. The fraction of sp³-hybridized carbons (Fsp3) is 0.556. The zero-order chi connectivity index (χ0) is 11.1. The van der Waals surface area contributed by atoms with Crippen molar-refractivity contribution in [2.24, 2.45) is 0 Å². The summed E-state index contributed by atoms with van der Waals surface area (Å²) in [6, 6.07) is 0. The molecule has 0 amide bonds. The number of carboxylic acid groups (broad SMARTS) is 1. The lowest BCUT2D eigenvalue weighted by molar-refractivity contribution is -0.151. The topological polar surface area (TPSA) is 63.6 Å². The summed E-state index contributed by atoms with van der Waals surface area (Å²) in [6.45, 7) is 9.89. The SMILES string of the molecule is C=CC(=O)O.CC(=O)OC(C)(C)C. The largest absolute Gasteiger partial charge is 0.478 e. The Bertz CT molecular complexity index is 188. The molecule has 0 aliphatic carbocycles. The summed E-state index contributed by atoms with van der Waals surface area (Å²) in [5.41, 5.74) is -0.328. The van der Waals surface area contributed by atoms with Gasteiger partial charge in [-0.1, -0.05) is 6.58 Å². The predicted molar refractivity (Wildman–Crippen MR) is 49.4 cm³/mol. The van der Waals surface area contributed by atoms with Crippen LogP contribution in [0.4, 0.5) is 0 Å². The van der Waals surface area contributed by atoms with E-state index in [0.717, 1.165) is 6.08 Å². The first-order chi connectivity index (χ1) is 5.69. The minimum absolute atomic E-state index is 0.225.